The zero-order valence-corrected chi connectivity index (χ0v) is 11.4. The highest BCUT2D eigenvalue weighted by molar-refractivity contribution is 5.94. The Kier molecular flexibility index (Phi) is 5.41. The van der Waals surface area contributed by atoms with Crippen LogP contribution in [0, 0.1) is 0 Å². The summed E-state index contributed by atoms with van der Waals surface area (Å²) < 4.78 is 36.4. The lowest BCUT2D eigenvalue weighted by molar-refractivity contribution is -0.0918. The van der Waals surface area contributed by atoms with Crippen molar-refractivity contribution in [1.29, 1.82) is 0 Å². The third-order valence-electron chi connectivity index (χ3n) is 2.60. The summed E-state index contributed by atoms with van der Waals surface area (Å²) >= 11 is 0. The lowest BCUT2D eigenvalue weighted by atomic mass is 10.0. The van der Waals surface area contributed by atoms with Crippen molar-refractivity contribution in [3.05, 3.63) is 66.4 Å². The van der Waals surface area contributed by atoms with E-state index in [1.165, 1.54) is 19.1 Å². The second-order valence-corrected chi connectivity index (χ2v) is 4.24. The highest BCUT2D eigenvalue weighted by Gasteiger charge is 2.31. The largest absolute Gasteiger partial charge is 0.432 e. The van der Waals surface area contributed by atoms with E-state index in [1.807, 2.05) is 0 Å². The molecule has 0 saturated heterocycles. The molecule has 0 atom stereocenters. The van der Waals surface area contributed by atoms with Gasteiger partial charge in [-0.2, -0.15) is 13.2 Å². The quantitative estimate of drug-likeness (QED) is 0.443. The van der Waals surface area contributed by atoms with E-state index in [2.05, 4.69) is 18.2 Å². The van der Waals surface area contributed by atoms with E-state index in [0.717, 1.165) is 11.8 Å². The fourth-order valence-corrected chi connectivity index (χ4v) is 1.38. The molecule has 110 valence electrons. The van der Waals surface area contributed by atoms with Gasteiger partial charge in [0.1, 0.15) is 5.70 Å². The van der Waals surface area contributed by atoms with Gasteiger partial charge in [0.15, 0.2) is 5.78 Å². The topological polar surface area (TPSA) is 29.4 Å². The zero-order chi connectivity index (χ0) is 16.0. The Balaban J connectivity index is 2.69. The molecule has 0 unspecified atom stereocenters. The number of allylic oxidation sites excluding steroid dienone is 4. The molecule has 0 spiro atoms. The van der Waals surface area contributed by atoms with Crippen molar-refractivity contribution in [2.24, 2.45) is 4.99 Å². The van der Waals surface area contributed by atoms with E-state index >= 15 is 0 Å². The van der Waals surface area contributed by atoms with Gasteiger partial charge in [-0.15, -0.1) is 0 Å². The summed E-state index contributed by atoms with van der Waals surface area (Å²) in [4.78, 5) is 14.3. The van der Waals surface area contributed by atoms with Crippen molar-refractivity contribution >= 4 is 17.6 Å². The minimum absolute atomic E-state index is 0.0412. The van der Waals surface area contributed by atoms with Gasteiger partial charge < -0.3 is 0 Å². The number of hydrogen-bond acceptors (Lipinski definition) is 2. The number of nitrogens with zero attached hydrogens (tertiary/aromatic N) is 1. The predicted molar refractivity (Wildman–Crippen MR) is 78.3 cm³/mol. The first-order chi connectivity index (χ1) is 9.71. The van der Waals surface area contributed by atoms with E-state index in [1.54, 1.807) is 24.3 Å². The maximum atomic E-state index is 12.1. The number of ketones is 1. The molecule has 21 heavy (non-hydrogen) atoms. The maximum absolute atomic E-state index is 12.1. The van der Waals surface area contributed by atoms with E-state index in [-0.39, 0.29) is 5.78 Å². The van der Waals surface area contributed by atoms with Crippen molar-refractivity contribution in [3.8, 4) is 0 Å². The van der Waals surface area contributed by atoms with Crippen LogP contribution in [0.1, 0.15) is 22.8 Å². The van der Waals surface area contributed by atoms with Gasteiger partial charge in [0.05, 0.1) is 0 Å². The van der Waals surface area contributed by atoms with Gasteiger partial charge in [0.2, 0.25) is 0 Å². The third kappa shape index (κ3) is 5.22. The van der Waals surface area contributed by atoms with Crippen molar-refractivity contribution in [2.75, 3.05) is 0 Å². The molecule has 1 aromatic rings. The SMILES string of the molecule is C=C(/C=C\C=NC(=C)C(F)(F)F)c1ccc(C(C)=O)cc1. The molecule has 0 aliphatic rings. The van der Waals surface area contributed by atoms with Gasteiger partial charge in [0, 0.05) is 11.8 Å². The molecule has 0 heterocycles. The summed E-state index contributed by atoms with van der Waals surface area (Å²) in [6.45, 7) is 8.07. The number of hydrogen-bond donors (Lipinski definition) is 0. The van der Waals surface area contributed by atoms with Gasteiger partial charge in [-0.25, -0.2) is 0 Å². The molecule has 0 aliphatic heterocycles. The van der Waals surface area contributed by atoms with E-state index in [4.69, 9.17) is 0 Å². The molecular weight excluding hydrogens is 279 g/mol. The highest BCUT2D eigenvalue weighted by atomic mass is 19.4. The van der Waals surface area contributed by atoms with Crippen LogP contribution in [0.15, 0.2) is 60.3 Å². The Morgan fingerprint density at radius 2 is 1.67 bits per heavy atom. The molecule has 0 amide bonds. The summed E-state index contributed by atoms with van der Waals surface area (Å²) in [5.74, 6) is -0.0412. The number of rotatable bonds is 5. The number of Topliss-reactive ketones (excluding diaryl/α,β-unsaturated/α-hetero) is 1. The standard InChI is InChI=1S/C16H14F3NO/c1-11(5-4-10-20-13(3)16(17,18)19)14-6-8-15(9-7-14)12(2)21/h4-10H,1,3H2,2H3/b5-4-,20-10?. The first-order valence-electron chi connectivity index (χ1n) is 5.99. The molecule has 0 fully saturated rings. The number of benzene rings is 1. The smallest absolute Gasteiger partial charge is 0.295 e. The number of alkyl halides is 3. The fraction of sp³-hybridized carbons (Fsp3) is 0.125. The number of halogens is 3. The molecule has 0 bridgehead atoms. The lowest BCUT2D eigenvalue weighted by Gasteiger charge is -2.03. The van der Waals surface area contributed by atoms with Crippen molar-refractivity contribution in [3.63, 3.8) is 0 Å². The summed E-state index contributed by atoms with van der Waals surface area (Å²) in [6, 6.07) is 6.76. The normalized spacial score (nSPS) is 12.0. The van der Waals surface area contributed by atoms with Gasteiger partial charge in [-0.05, 0) is 24.1 Å². The van der Waals surface area contributed by atoms with Gasteiger partial charge >= 0.3 is 6.18 Å². The summed E-state index contributed by atoms with van der Waals surface area (Å²) in [7, 11) is 0. The Morgan fingerprint density at radius 3 is 2.14 bits per heavy atom. The van der Waals surface area contributed by atoms with Crippen molar-refractivity contribution in [1.82, 2.24) is 0 Å². The Morgan fingerprint density at radius 1 is 1.14 bits per heavy atom. The zero-order valence-electron chi connectivity index (χ0n) is 11.4. The van der Waals surface area contributed by atoms with Gasteiger partial charge in [-0.1, -0.05) is 43.5 Å². The highest BCUT2D eigenvalue weighted by Crippen LogP contribution is 2.24. The molecule has 0 aliphatic carbocycles. The van der Waals surface area contributed by atoms with Crippen LogP contribution in [-0.2, 0) is 0 Å². The Labute approximate surface area is 121 Å². The molecule has 0 N–H and O–H groups in total. The minimum atomic E-state index is -4.52. The summed E-state index contributed by atoms with van der Waals surface area (Å²) in [5, 5.41) is 0. The van der Waals surface area contributed by atoms with Crippen molar-refractivity contribution in [2.45, 2.75) is 13.1 Å². The van der Waals surface area contributed by atoms with Crippen LogP contribution < -0.4 is 0 Å². The summed E-state index contributed by atoms with van der Waals surface area (Å²) in [5.41, 5.74) is 0.774. The Hall–Kier alpha value is -2.43. The molecule has 0 saturated carbocycles. The predicted octanol–water partition coefficient (Wildman–Crippen LogP) is 4.61. The number of carbonyl (C=O) groups is 1. The molecule has 1 aromatic carbocycles. The van der Waals surface area contributed by atoms with E-state index in [9.17, 15) is 18.0 Å². The first-order valence-corrected chi connectivity index (χ1v) is 5.99. The molecule has 5 heteroatoms. The Bertz CT molecular complexity index is 607. The monoisotopic (exact) mass is 293 g/mol. The van der Waals surface area contributed by atoms with Gasteiger partial charge in [0.25, 0.3) is 0 Å². The average molecular weight is 293 g/mol. The van der Waals surface area contributed by atoms with Gasteiger partial charge in [-0.3, -0.25) is 9.79 Å². The van der Waals surface area contributed by atoms with Crippen LogP contribution in [0.25, 0.3) is 5.57 Å². The number of carbonyl (C=O) groups excluding carboxylic acids is 1. The molecular formula is C16H14F3NO. The molecule has 0 aromatic heterocycles. The summed E-state index contributed by atoms with van der Waals surface area (Å²) in [6.07, 6.45) is -0.650. The second-order valence-electron chi connectivity index (χ2n) is 4.24. The second kappa shape index (κ2) is 6.83. The first kappa shape index (κ1) is 16.6. The van der Waals surface area contributed by atoms with Crippen LogP contribution in [0.4, 0.5) is 13.2 Å². The van der Waals surface area contributed by atoms with E-state index < -0.39 is 11.9 Å². The van der Waals surface area contributed by atoms with Crippen LogP contribution >= 0.6 is 0 Å². The minimum Gasteiger partial charge on any atom is -0.295 e. The van der Waals surface area contributed by atoms with Crippen LogP contribution in [-0.4, -0.2) is 18.2 Å². The lowest BCUT2D eigenvalue weighted by Crippen LogP contribution is -2.08. The maximum Gasteiger partial charge on any atom is 0.432 e. The molecule has 1 rings (SSSR count). The fourth-order valence-electron chi connectivity index (χ4n) is 1.38. The van der Waals surface area contributed by atoms with Crippen LogP contribution in [0.2, 0.25) is 0 Å². The third-order valence-corrected chi connectivity index (χ3v) is 2.60. The van der Waals surface area contributed by atoms with Crippen LogP contribution in [0.3, 0.4) is 0 Å². The average Bonchev–Trinajstić information content (AvgIpc) is 2.42. The van der Waals surface area contributed by atoms with E-state index in [0.29, 0.717) is 11.1 Å². The molecule has 0 radical (unpaired) electrons. The van der Waals surface area contributed by atoms with Crippen LogP contribution in [0.5, 0.6) is 0 Å². The molecule has 2 nitrogen and oxygen atoms in total. The van der Waals surface area contributed by atoms with Crippen molar-refractivity contribution < 1.29 is 18.0 Å². The number of aliphatic imine (C=N–C) groups is 1.